The van der Waals surface area contributed by atoms with Crippen LogP contribution < -0.4 is 5.32 Å². The van der Waals surface area contributed by atoms with E-state index in [1.165, 1.54) is 24.3 Å². The highest BCUT2D eigenvalue weighted by Crippen LogP contribution is 2.08. The van der Waals surface area contributed by atoms with Crippen LogP contribution in [0, 0.1) is 5.82 Å². The van der Waals surface area contributed by atoms with Crippen LogP contribution in [0.25, 0.3) is 0 Å². The van der Waals surface area contributed by atoms with Gasteiger partial charge in [0.25, 0.3) is 0 Å². The molecule has 0 amide bonds. The predicted octanol–water partition coefficient (Wildman–Crippen LogP) is 2.43. The average Bonchev–Trinajstić information content (AvgIpc) is 2.06. The van der Waals surface area contributed by atoms with Gasteiger partial charge in [-0.25, -0.2) is 4.39 Å². The molecule has 3 nitrogen and oxygen atoms in total. The Balaban J connectivity index is 0.00000196. The molecule has 0 unspecified atom stereocenters. The second-order valence-corrected chi connectivity index (χ2v) is 3.65. The molecule has 0 aromatic heterocycles. The summed E-state index contributed by atoms with van der Waals surface area (Å²) in [4.78, 5) is 0. The number of hydrogen-bond donors (Lipinski definition) is 1. The van der Waals surface area contributed by atoms with Crippen LogP contribution in [0.15, 0.2) is 35.9 Å². The van der Waals surface area contributed by atoms with E-state index in [-0.39, 0.29) is 12.4 Å². The van der Waals surface area contributed by atoms with Crippen molar-refractivity contribution in [2.24, 2.45) is 0 Å². The maximum Gasteiger partial charge on any atom is 0.326 e. The van der Waals surface area contributed by atoms with E-state index in [0.717, 1.165) is 6.20 Å². The van der Waals surface area contributed by atoms with Gasteiger partial charge in [-0.1, -0.05) is 0 Å². The zero-order valence-corrected chi connectivity index (χ0v) is 8.99. The Morgan fingerprint density at radius 3 is 2.20 bits per heavy atom. The van der Waals surface area contributed by atoms with Crippen molar-refractivity contribution in [3.05, 3.63) is 41.7 Å². The second kappa shape index (κ2) is 5.67. The number of rotatable bonds is 3. The first-order valence-corrected chi connectivity index (χ1v) is 5.05. The summed E-state index contributed by atoms with van der Waals surface area (Å²) < 4.78 is 44.4. The van der Waals surface area contributed by atoms with E-state index in [0.29, 0.717) is 11.1 Å². The van der Waals surface area contributed by atoms with Crippen molar-refractivity contribution in [1.82, 2.24) is 0 Å². The van der Waals surface area contributed by atoms with Crippen molar-refractivity contribution < 1.29 is 16.7 Å². The first-order valence-electron chi connectivity index (χ1n) is 3.61. The van der Waals surface area contributed by atoms with Gasteiger partial charge in [0.2, 0.25) is 0 Å². The number of halogens is 3. The molecule has 0 atom stereocenters. The third-order valence-electron chi connectivity index (χ3n) is 1.32. The van der Waals surface area contributed by atoms with Gasteiger partial charge in [-0.3, -0.25) is 0 Å². The number of anilines is 1. The quantitative estimate of drug-likeness (QED) is 0.844. The molecule has 15 heavy (non-hydrogen) atoms. The van der Waals surface area contributed by atoms with Crippen LogP contribution in [0.4, 0.5) is 14.0 Å². The highest BCUT2D eigenvalue weighted by Gasteiger charge is 1.97. The van der Waals surface area contributed by atoms with Crippen molar-refractivity contribution in [3.63, 3.8) is 0 Å². The first kappa shape index (κ1) is 13.9. The molecule has 0 saturated carbocycles. The molecule has 0 aliphatic carbocycles. The van der Waals surface area contributed by atoms with Crippen molar-refractivity contribution >= 4 is 28.3 Å². The molecule has 0 heterocycles. The summed E-state index contributed by atoms with van der Waals surface area (Å²) in [5.41, 5.74) is 0.464. The summed E-state index contributed by atoms with van der Waals surface area (Å²) >= 11 is 0. The number of benzene rings is 1. The molecular formula is C8H8ClF2NO2S. The highest BCUT2D eigenvalue weighted by atomic mass is 35.5. The largest absolute Gasteiger partial charge is 0.361 e. The Hall–Kier alpha value is -1.14. The predicted molar refractivity (Wildman–Crippen MR) is 56.4 cm³/mol. The molecule has 0 spiro atoms. The summed E-state index contributed by atoms with van der Waals surface area (Å²) in [5.74, 6) is -0.405. The third kappa shape index (κ3) is 6.03. The fraction of sp³-hybridized carbons (Fsp3) is 0. The lowest BCUT2D eigenvalue weighted by Gasteiger charge is -1.98. The fourth-order valence-corrected chi connectivity index (χ4v) is 0.988. The molecule has 1 aromatic rings. The Kier molecular flexibility index (Phi) is 5.24. The standard InChI is InChI=1S/C8H7F2NO2S.ClH/c9-7-1-3-8(4-2-7)11-5-6-14(10,12)13;/h1-6,11H;1H. The molecule has 0 aliphatic rings. The minimum atomic E-state index is -4.62. The van der Waals surface area contributed by atoms with Crippen LogP contribution in [0.1, 0.15) is 0 Å². The Bertz CT molecular complexity index is 430. The Morgan fingerprint density at radius 1 is 1.20 bits per heavy atom. The third-order valence-corrected chi connectivity index (χ3v) is 1.79. The van der Waals surface area contributed by atoms with Crippen molar-refractivity contribution in [3.8, 4) is 0 Å². The lowest BCUT2D eigenvalue weighted by Crippen LogP contribution is -1.89. The molecule has 0 saturated heterocycles. The maximum atomic E-state index is 12.4. The lowest BCUT2D eigenvalue weighted by atomic mass is 10.3. The van der Waals surface area contributed by atoms with E-state index in [1.807, 2.05) is 0 Å². The Labute approximate surface area is 92.4 Å². The molecule has 1 N–H and O–H groups in total. The Morgan fingerprint density at radius 2 is 1.73 bits per heavy atom. The van der Waals surface area contributed by atoms with E-state index < -0.39 is 16.0 Å². The summed E-state index contributed by atoms with van der Waals surface area (Å²) in [6.45, 7) is 0. The molecule has 84 valence electrons. The van der Waals surface area contributed by atoms with Gasteiger partial charge in [-0.15, -0.1) is 16.3 Å². The lowest BCUT2D eigenvalue weighted by molar-refractivity contribution is 0.563. The molecule has 1 rings (SSSR count). The monoisotopic (exact) mass is 255 g/mol. The minimum absolute atomic E-state index is 0. The number of hydrogen-bond acceptors (Lipinski definition) is 3. The molecule has 0 bridgehead atoms. The van der Waals surface area contributed by atoms with E-state index >= 15 is 0 Å². The smallest absolute Gasteiger partial charge is 0.326 e. The van der Waals surface area contributed by atoms with Crippen molar-refractivity contribution in [1.29, 1.82) is 0 Å². The van der Waals surface area contributed by atoms with Gasteiger partial charge in [-0.2, -0.15) is 8.42 Å². The van der Waals surface area contributed by atoms with Crippen LogP contribution in [-0.4, -0.2) is 8.42 Å². The zero-order chi connectivity index (χ0) is 10.6. The summed E-state index contributed by atoms with van der Waals surface area (Å²) in [5, 5.41) is 2.83. The van der Waals surface area contributed by atoms with Gasteiger partial charge in [0, 0.05) is 11.9 Å². The summed E-state index contributed by atoms with van der Waals surface area (Å²) in [7, 11) is -4.62. The summed E-state index contributed by atoms with van der Waals surface area (Å²) in [6, 6.07) is 5.18. The minimum Gasteiger partial charge on any atom is -0.361 e. The van der Waals surface area contributed by atoms with Gasteiger partial charge in [0.05, 0.1) is 5.41 Å². The van der Waals surface area contributed by atoms with Crippen LogP contribution >= 0.6 is 12.4 Å². The zero-order valence-electron chi connectivity index (χ0n) is 7.35. The van der Waals surface area contributed by atoms with Gasteiger partial charge in [0.15, 0.2) is 0 Å². The molecule has 1 aromatic carbocycles. The van der Waals surface area contributed by atoms with Crippen LogP contribution in [0.3, 0.4) is 0 Å². The van der Waals surface area contributed by atoms with Gasteiger partial charge in [-0.05, 0) is 24.3 Å². The molecule has 0 fully saturated rings. The van der Waals surface area contributed by atoms with Crippen LogP contribution in [0.5, 0.6) is 0 Å². The normalized spacial score (nSPS) is 11.1. The van der Waals surface area contributed by atoms with Gasteiger partial charge in [0.1, 0.15) is 5.82 Å². The van der Waals surface area contributed by atoms with E-state index in [4.69, 9.17) is 0 Å². The fourth-order valence-electron chi connectivity index (χ4n) is 0.758. The van der Waals surface area contributed by atoms with E-state index in [1.54, 1.807) is 0 Å². The SMILES string of the molecule is Cl.O=S(=O)(F)C=CNc1ccc(F)cc1. The van der Waals surface area contributed by atoms with Crippen LogP contribution in [0.2, 0.25) is 0 Å². The van der Waals surface area contributed by atoms with E-state index in [2.05, 4.69) is 5.32 Å². The number of nitrogens with one attached hydrogen (secondary N) is 1. The van der Waals surface area contributed by atoms with E-state index in [9.17, 15) is 16.7 Å². The topological polar surface area (TPSA) is 46.2 Å². The van der Waals surface area contributed by atoms with Crippen molar-refractivity contribution in [2.75, 3.05) is 5.32 Å². The first-order chi connectivity index (χ1) is 6.47. The van der Waals surface area contributed by atoms with Crippen molar-refractivity contribution in [2.45, 2.75) is 0 Å². The molecular weight excluding hydrogens is 248 g/mol. The van der Waals surface area contributed by atoms with Crippen LogP contribution in [-0.2, 0) is 10.2 Å². The highest BCUT2D eigenvalue weighted by molar-refractivity contribution is 7.89. The molecule has 0 aliphatic heterocycles. The van der Waals surface area contributed by atoms with Gasteiger partial charge < -0.3 is 5.32 Å². The second-order valence-electron chi connectivity index (χ2n) is 2.43. The maximum absolute atomic E-state index is 12.4. The molecule has 7 heteroatoms. The average molecular weight is 256 g/mol. The van der Waals surface area contributed by atoms with Gasteiger partial charge >= 0.3 is 10.2 Å². The summed E-state index contributed by atoms with van der Waals surface area (Å²) in [6.07, 6.45) is 0.919. The molecule has 0 radical (unpaired) electrons.